The molecule has 0 spiro atoms. The summed E-state index contributed by atoms with van der Waals surface area (Å²) in [5.74, 6) is -1.84. The van der Waals surface area contributed by atoms with E-state index in [1.54, 1.807) is 0 Å². The molecule has 1 unspecified atom stereocenters. The van der Waals surface area contributed by atoms with Gasteiger partial charge in [0.1, 0.15) is 22.9 Å². The van der Waals surface area contributed by atoms with Crippen molar-refractivity contribution in [3.05, 3.63) is 29.6 Å². The zero-order chi connectivity index (χ0) is 15.8. The summed E-state index contributed by atoms with van der Waals surface area (Å²) in [6.45, 7) is 1.42. The van der Waals surface area contributed by atoms with Crippen molar-refractivity contribution >= 4 is 27.5 Å². The highest BCUT2D eigenvalue weighted by atomic mass is 32.2. The van der Waals surface area contributed by atoms with Crippen molar-refractivity contribution in [3.63, 3.8) is 0 Å². The van der Waals surface area contributed by atoms with Gasteiger partial charge in [-0.05, 0) is 25.1 Å². The van der Waals surface area contributed by atoms with Gasteiger partial charge in [0.15, 0.2) is 9.84 Å². The first-order chi connectivity index (χ1) is 9.61. The van der Waals surface area contributed by atoms with Crippen LogP contribution in [0, 0.1) is 5.82 Å². The summed E-state index contributed by atoms with van der Waals surface area (Å²) in [6.07, 6.45) is -1.43. The predicted octanol–water partition coefficient (Wildman–Crippen LogP) is 0.718. The number of sulfone groups is 1. The second kappa shape index (κ2) is 4.99. The fraction of sp³-hybridized carbons (Fsp3) is 0.333. The number of amidine groups is 1. The van der Waals surface area contributed by atoms with Gasteiger partial charge >= 0.3 is 6.09 Å². The van der Waals surface area contributed by atoms with Gasteiger partial charge in [-0.3, -0.25) is 10.3 Å². The van der Waals surface area contributed by atoms with E-state index in [2.05, 4.69) is 4.99 Å². The molecule has 2 rings (SSSR count). The number of nitrogen functional groups attached to an aromatic ring is 1. The number of nitrogens with one attached hydrogen (secondary N) is 1. The molecule has 0 radical (unpaired) electrons. The molecule has 0 saturated carbocycles. The van der Waals surface area contributed by atoms with Crippen molar-refractivity contribution in [3.8, 4) is 0 Å². The van der Waals surface area contributed by atoms with Crippen LogP contribution < -0.4 is 11.1 Å². The summed E-state index contributed by atoms with van der Waals surface area (Å²) >= 11 is 0. The Balaban J connectivity index is 2.57. The largest absolute Gasteiger partial charge is 0.465 e. The average Bonchev–Trinajstić information content (AvgIpc) is 2.28. The average molecular weight is 315 g/mol. The topological polar surface area (TPSA) is 122 Å². The van der Waals surface area contributed by atoms with E-state index in [1.165, 1.54) is 19.1 Å². The number of aliphatic imine (C=N–C) groups is 1. The minimum atomic E-state index is -3.63. The van der Waals surface area contributed by atoms with Crippen molar-refractivity contribution in [2.75, 3.05) is 17.2 Å². The Kier molecular flexibility index (Phi) is 3.62. The molecule has 21 heavy (non-hydrogen) atoms. The number of anilines is 1. The van der Waals surface area contributed by atoms with Gasteiger partial charge < -0.3 is 10.8 Å². The number of halogens is 1. The number of nitrogens with zero attached hydrogens (tertiary/aromatic N) is 1. The standard InChI is InChI=1S/C12H14FN3O4S/c1-12(8-4-7(14)2-3-9(8)13)6-21(19,20)5-10(16-12)15-11(17)18/h2-4H,5-6,14H2,1H3,(H,15,16)(H,17,18). The van der Waals surface area contributed by atoms with Crippen LogP contribution in [0.5, 0.6) is 0 Å². The lowest BCUT2D eigenvalue weighted by atomic mass is 9.93. The second-order valence-electron chi connectivity index (χ2n) is 5.03. The van der Waals surface area contributed by atoms with Gasteiger partial charge in [0.05, 0.1) is 5.75 Å². The van der Waals surface area contributed by atoms with Crippen LogP contribution in [0.4, 0.5) is 14.9 Å². The van der Waals surface area contributed by atoms with Crippen LogP contribution in [0.1, 0.15) is 12.5 Å². The lowest BCUT2D eigenvalue weighted by Crippen LogP contribution is -2.45. The van der Waals surface area contributed by atoms with E-state index in [0.717, 1.165) is 6.07 Å². The van der Waals surface area contributed by atoms with Crippen molar-refractivity contribution in [2.24, 2.45) is 4.99 Å². The Morgan fingerprint density at radius 3 is 2.81 bits per heavy atom. The van der Waals surface area contributed by atoms with Crippen LogP contribution in [0.3, 0.4) is 0 Å². The fourth-order valence-corrected chi connectivity index (χ4v) is 4.06. The smallest absolute Gasteiger partial charge is 0.410 e. The molecule has 1 heterocycles. The maximum atomic E-state index is 14.0. The molecule has 1 amide bonds. The summed E-state index contributed by atoms with van der Waals surface area (Å²) in [5.41, 5.74) is 4.44. The number of carbonyl (C=O) groups is 1. The first-order valence-corrected chi connectivity index (χ1v) is 7.78. The summed E-state index contributed by atoms with van der Waals surface area (Å²) in [4.78, 5) is 14.7. The number of amides is 1. The van der Waals surface area contributed by atoms with Crippen molar-refractivity contribution in [2.45, 2.75) is 12.5 Å². The van der Waals surface area contributed by atoms with Crippen LogP contribution in [0.2, 0.25) is 0 Å². The van der Waals surface area contributed by atoms with E-state index in [9.17, 15) is 17.6 Å². The van der Waals surface area contributed by atoms with Gasteiger partial charge in [-0.25, -0.2) is 17.6 Å². The molecular weight excluding hydrogens is 301 g/mol. The number of hydrogen-bond acceptors (Lipinski definition) is 5. The van der Waals surface area contributed by atoms with E-state index in [4.69, 9.17) is 10.8 Å². The first kappa shape index (κ1) is 15.2. The Labute approximate surface area is 120 Å². The van der Waals surface area contributed by atoms with Gasteiger partial charge in [0.25, 0.3) is 0 Å². The van der Waals surface area contributed by atoms with E-state index in [0.29, 0.717) is 0 Å². The zero-order valence-corrected chi connectivity index (χ0v) is 11.9. The Morgan fingerprint density at radius 2 is 2.19 bits per heavy atom. The molecule has 1 aliphatic rings. The van der Waals surface area contributed by atoms with Crippen LogP contribution in [-0.4, -0.2) is 37.0 Å². The molecule has 0 aliphatic carbocycles. The molecule has 1 aliphatic heterocycles. The Hall–Kier alpha value is -2.16. The number of hydrogen-bond donors (Lipinski definition) is 3. The maximum Gasteiger partial charge on any atom is 0.410 e. The lowest BCUT2D eigenvalue weighted by Gasteiger charge is -2.31. The maximum absolute atomic E-state index is 14.0. The third-order valence-electron chi connectivity index (χ3n) is 3.06. The van der Waals surface area contributed by atoms with Crippen LogP contribution in [-0.2, 0) is 15.4 Å². The quantitative estimate of drug-likeness (QED) is 0.659. The molecule has 0 bridgehead atoms. The normalized spacial score (nSPS) is 24.2. The van der Waals surface area contributed by atoms with E-state index < -0.39 is 38.8 Å². The minimum absolute atomic E-state index is 0.00969. The van der Waals surface area contributed by atoms with Crippen molar-refractivity contribution in [1.29, 1.82) is 0 Å². The van der Waals surface area contributed by atoms with Gasteiger partial charge in [-0.2, -0.15) is 0 Å². The number of carboxylic acid groups (broad SMARTS) is 1. The lowest BCUT2D eigenvalue weighted by molar-refractivity contribution is 0.200. The highest BCUT2D eigenvalue weighted by Crippen LogP contribution is 2.33. The van der Waals surface area contributed by atoms with Crippen LogP contribution in [0.25, 0.3) is 0 Å². The van der Waals surface area contributed by atoms with Crippen molar-refractivity contribution < 1.29 is 22.7 Å². The molecule has 7 nitrogen and oxygen atoms in total. The van der Waals surface area contributed by atoms with Gasteiger partial charge in [-0.1, -0.05) is 0 Å². The van der Waals surface area contributed by atoms with Crippen molar-refractivity contribution in [1.82, 2.24) is 5.32 Å². The molecule has 4 N–H and O–H groups in total. The Morgan fingerprint density at radius 1 is 1.52 bits per heavy atom. The van der Waals surface area contributed by atoms with E-state index >= 15 is 0 Å². The molecule has 1 atom stereocenters. The SMILES string of the molecule is CC1(c2cc(N)ccc2F)CS(=O)(=O)CC(NC(=O)O)=N1. The molecule has 9 heteroatoms. The number of rotatable bonds is 1. The molecule has 0 fully saturated rings. The highest BCUT2D eigenvalue weighted by molar-refractivity contribution is 7.92. The van der Waals surface area contributed by atoms with Crippen LogP contribution in [0.15, 0.2) is 23.2 Å². The summed E-state index contributed by atoms with van der Waals surface area (Å²) in [7, 11) is -3.63. The Bertz CT molecular complexity index is 732. The molecule has 0 aromatic heterocycles. The summed E-state index contributed by atoms with van der Waals surface area (Å²) < 4.78 is 37.9. The van der Waals surface area contributed by atoms with Gasteiger partial charge in [0, 0.05) is 11.3 Å². The second-order valence-corrected chi connectivity index (χ2v) is 7.10. The van der Waals surface area contributed by atoms with E-state index in [1.807, 2.05) is 5.32 Å². The summed E-state index contributed by atoms with van der Waals surface area (Å²) in [5, 5.41) is 10.6. The third-order valence-corrected chi connectivity index (χ3v) is 4.78. The van der Waals surface area contributed by atoms with E-state index in [-0.39, 0.29) is 17.1 Å². The fourth-order valence-electron chi connectivity index (χ4n) is 2.33. The molecule has 1 aromatic carbocycles. The first-order valence-electron chi connectivity index (χ1n) is 5.96. The molecule has 0 saturated heterocycles. The number of nitrogens with two attached hydrogens (primary N) is 1. The van der Waals surface area contributed by atoms with Gasteiger partial charge in [-0.15, -0.1) is 0 Å². The van der Waals surface area contributed by atoms with Gasteiger partial charge in [0.2, 0.25) is 0 Å². The third kappa shape index (κ3) is 3.30. The minimum Gasteiger partial charge on any atom is -0.465 e. The monoisotopic (exact) mass is 315 g/mol. The molecule has 1 aromatic rings. The zero-order valence-electron chi connectivity index (χ0n) is 11.1. The summed E-state index contributed by atoms with van der Waals surface area (Å²) in [6, 6.07) is 3.77. The molecule has 114 valence electrons. The number of benzene rings is 1. The predicted molar refractivity (Wildman–Crippen MR) is 75.4 cm³/mol. The molecular formula is C12H14FN3O4S. The highest BCUT2D eigenvalue weighted by Gasteiger charge is 2.39. The van der Waals surface area contributed by atoms with Crippen LogP contribution >= 0.6 is 0 Å².